The van der Waals surface area contributed by atoms with Crippen LogP contribution in [0.5, 0.6) is 0 Å². The quantitative estimate of drug-likeness (QED) is 0.483. The summed E-state index contributed by atoms with van der Waals surface area (Å²) in [5.41, 5.74) is 2.30. The first kappa shape index (κ1) is 15.1. The Bertz CT molecular complexity index is 953. The predicted octanol–water partition coefficient (Wildman–Crippen LogP) is 5.49. The van der Waals surface area contributed by atoms with E-state index in [1.807, 2.05) is 17.4 Å². The van der Waals surface area contributed by atoms with Crippen molar-refractivity contribution in [1.29, 1.82) is 0 Å². The van der Waals surface area contributed by atoms with Gasteiger partial charge in [0.2, 0.25) is 5.95 Å². The summed E-state index contributed by atoms with van der Waals surface area (Å²) in [4.78, 5) is 11.7. The number of hydrogen-bond acceptors (Lipinski definition) is 3. The second-order valence-electron chi connectivity index (χ2n) is 5.84. The Morgan fingerprint density at radius 1 is 1.00 bits per heavy atom. The van der Waals surface area contributed by atoms with E-state index in [2.05, 4.69) is 63.9 Å². The highest BCUT2D eigenvalue weighted by atomic mass is 32.1. The summed E-state index contributed by atoms with van der Waals surface area (Å²) in [7, 11) is 0. The largest absolute Gasteiger partial charge is 0.277 e. The van der Waals surface area contributed by atoms with Gasteiger partial charge in [0, 0.05) is 22.7 Å². The molecule has 4 heteroatoms. The molecule has 0 N–H and O–H groups in total. The molecule has 0 saturated heterocycles. The molecular formula is C20H19N3S. The number of benzene rings is 1. The van der Waals surface area contributed by atoms with Gasteiger partial charge >= 0.3 is 0 Å². The van der Waals surface area contributed by atoms with E-state index in [1.165, 1.54) is 28.0 Å². The van der Waals surface area contributed by atoms with Gasteiger partial charge in [-0.1, -0.05) is 31.5 Å². The first-order valence-electron chi connectivity index (χ1n) is 8.34. The molecule has 1 aromatic carbocycles. The zero-order chi connectivity index (χ0) is 16.4. The topological polar surface area (TPSA) is 30.7 Å². The van der Waals surface area contributed by atoms with E-state index < -0.39 is 0 Å². The molecule has 0 amide bonds. The maximum absolute atomic E-state index is 4.47. The molecule has 120 valence electrons. The van der Waals surface area contributed by atoms with Crippen molar-refractivity contribution in [2.75, 3.05) is 0 Å². The molecule has 0 radical (unpaired) electrons. The highest BCUT2D eigenvalue weighted by Crippen LogP contribution is 2.34. The third-order valence-electron chi connectivity index (χ3n) is 4.15. The summed E-state index contributed by atoms with van der Waals surface area (Å²) in [5, 5.41) is 1.21. The lowest BCUT2D eigenvalue weighted by atomic mass is 10.2. The molecule has 24 heavy (non-hydrogen) atoms. The van der Waals surface area contributed by atoms with Crippen LogP contribution in [0.2, 0.25) is 0 Å². The van der Waals surface area contributed by atoms with Crippen LogP contribution in [0.4, 0.5) is 0 Å². The molecule has 0 atom stereocenters. The normalized spacial score (nSPS) is 11.2. The molecule has 0 aliphatic carbocycles. The Balaban J connectivity index is 1.87. The summed E-state index contributed by atoms with van der Waals surface area (Å²) in [6.45, 7) is 2.24. The van der Waals surface area contributed by atoms with E-state index >= 15 is 0 Å². The molecular weight excluding hydrogens is 314 g/mol. The third-order valence-corrected chi connectivity index (χ3v) is 5.32. The molecule has 3 heterocycles. The van der Waals surface area contributed by atoms with Gasteiger partial charge in [-0.3, -0.25) is 4.57 Å². The van der Waals surface area contributed by atoms with Gasteiger partial charge in [0.15, 0.2) is 0 Å². The number of fused-ring (bicyclic) bond motifs is 1. The Labute approximate surface area is 145 Å². The number of para-hydroxylation sites is 1. The van der Waals surface area contributed by atoms with Crippen LogP contribution >= 0.6 is 11.3 Å². The molecule has 0 spiro atoms. The van der Waals surface area contributed by atoms with Gasteiger partial charge in [-0.05, 0) is 43.2 Å². The van der Waals surface area contributed by atoms with E-state index in [0.29, 0.717) is 0 Å². The minimum absolute atomic E-state index is 0.720. The fourth-order valence-corrected chi connectivity index (χ4v) is 4.02. The number of hydrogen-bond donors (Lipinski definition) is 0. The van der Waals surface area contributed by atoms with Crippen molar-refractivity contribution in [3.8, 4) is 16.5 Å². The fraction of sp³-hybridized carbons (Fsp3) is 0.200. The van der Waals surface area contributed by atoms with Crippen molar-refractivity contribution in [3.63, 3.8) is 0 Å². The standard InChI is InChI=1S/C20H19N3S/c1-2-3-8-16-10-11-19(24-16)18-14-15-7-4-5-9-17(15)23(18)20-21-12-6-13-22-20/h4-7,9-14H,2-3,8H2,1H3. The summed E-state index contributed by atoms with van der Waals surface area (Å²) in [5.74, 6) is 0.720. The summed E-state index contributed by atoms with van der Waals surface area (Å²) < 4.78 is 2.16. The average molecular weight is 333 g/mol. The second kappa shape index (κ2) is 6.57. The number of aryl methyl sites for hydroxylation is 1. The lowest BCUT2D eigenvalue weighted by Crippen LogP contribution is -2.01. The van der Waals surface area contributed by atoms with Crippen LogP contribution in [0.25, 0.3) is 27.4 Å². The van der Waals surface area contributed by atoms with Crippen molar-refractivity contribution < 1.29 is 0 Å². The molecule has 4 rings (SSSR count). The third kappa shape index (κ3) is 2.74. The second-order valence-corrected chi connectivity index (χ2v) is 7.01. The van der Waals surface area contributed by atoms with Gasteiger partial charge in [0.1, 0.15) is 0 Å². The van der Waals surface area contributed by atoms with Crippen molar-refractivity contribution in [3.05, 3.63) is 65.8 Å². The monoisotopic (exact) mass is 333 g/mol. The van der Waals surface area contributed by atoms with Crippen LogP contribution < -0.4 is 0 Å². The molecule has 4 aromatic rings. The zero-order valence-electron chi connectivity index (χ0n) is 13.6. The van der Waals surface area contributed by atoms with Crippen molar-refractivity contribution in [2.45, 2.75) is 26.2 Å². The van der Waals surface area contributed by atoms with Gasteiger partial charge in [0.05, 0.1) is 16.1 Å². The van der Waals surface area contributed by atoms with Crippen LogP contribution in [0.15, 0.2) is 60.9 Å². The fourth-order valence-electron chi connectivity index (χ4n) is 2.96. The summed E-state index contributed by atoms with van der Waals surface area (Å²) >= 11 is 1.87. The molecule has 0 saturated carbocycles. The smallest absolute Gasteiger partial charge is 0.234 e. The Morgan fingerprint density at radius 2 is 1.83 bits per heavy atom. The highest BCUT2D eigenvalue weighted by Gasteiger charge is 2.15. The molecule has 0 aliphatic rings. The van der Waals surface area contributed by atoms with Gasteiger partial charge in [-0.2, -0.15) is 0 Å². The van der Waals surface area contributed by atoms with E-state index in [4.69, 9.17) is 0 Å². The predicted molar refractivity (Wildman–Crippen MR) is 101 cm³/mol. The highest BCUT2D eigenvalue weighted by molar-refractivity contribution is 7.15. The molecule has 0 unspecified atom stereocenters. The van der Waals surface area contributed by atoms with E-state index in [9.17, 15) is 0 Å². The lowest BCUT2D eigenvalue weighted by molar-refractivity contribution is 0.804. The van der Waals surface area contributed by atoms with Crippen molar-refractivity contribution >= 4 is 22.2 Å². The maximum atomic E-state index is 4.47. The van der Waals surface area contributed by atoms with Crippen LogP contribution in [0, 0.1) is 0 Å². The van der Waals surface area contributed by atoms with Crippen molar-refractivity contribution in [2.24, 2.45) is 0 Å². The van der Waals surface area contributed by atoms with Crippen molar-refractivity contribution in [1.82, 2.24) is 14.5 Å². The van der Waals surface area contributed by atoms with Crippen LogP contribution in [-0.4, -0.2) is 14.5 Å². The molecule has 0 bridgehead atoms. The Morgan fingerprint density at radius 3 is 2.67 bits per heavy atom. The van der Waals surface area contributed by atoms with Crippen LogP contribution in [0.3, 0.4) is 0 Å². The molecule has 3 nitrogen and oxygen atoms in total. The van der Waals surface area contributed by atoms with Crippen LogP contribution in [0.1, 0.15) is 24.6 Å². The van der Waals surface area contributed by atoms with Gasteiger partial charge in [-0.25, -0.2) is 9.97 Å². The minimum atomic E-state index is 0.720. The first-order valence-corrected chi connectivity index (χ1v) is 9.15. The Kier molecular flexibility index (Phi) is 4.13. The first-order chi connectivity index (χ1) is 11.9. The molecule has 3 aromatic heterocycles. The maximum Gasteiger partial charge on any atom is 0.234 e. The van der Waals surface area contributed by atoms with Gasteiger partial charge in [-0.15, -0.1) is 11.3 Å². The lowest BCUT2D eigenvalue weighted by Gasteiger charge is -2.07. The molecule has 0 fully saturated rings. The van der Waals surface area contributed by atoms with Crippen LogP contribution in [-0.2, 0) is 6.42 Å². The van der Waals surface area contributed by atoms with Gasteiger partial charge in [0.25, 0.3) is 0 Å². The number of nitrogens with zero attached hydrogens (tertiary/aromatic N) is 3. The number of aromatic nitrogens is 3. The zero-order valence-corrected chi connectivity index (χ0v) is 14.5. The Hall–Kier alpha value is -2.46. The van der Waals surface area contributed by atoms with Gasteiger partial charge < -0.3 is 0 Å². The minimum Gasteiger partial charge on any atom is -0.277 e. The van der Waals surface area contributed by atoms with E-state index in [-0.39, 0.29) is 0 Å². The number of thiophene rings is 1. The number of unbranched alkanes of at least 4 members (excludes halogenated alkanes) is 1. The summed E-state index contributed by atoms with van der Waals surface area (Å²) in [6, 6.07) is 17.0. The summed E-state index contributed by atoms with van der Waals surface area (Å²) in [6.07, 6.45) is 7.21. The number of rotatable bonds is 5. The molecule has 0 aliphatic heterocycles. The SMILES string of the molecule is CCCCc1ccc(-c2cc3ccccc3n2-c2ncccn2)s1. The van der Waals surface area contributed by atoms with E-state index in [1.54, 1.807) is 12.4 Å². The van der Waals surface area contributed by atoms with E-state index in [0.717, 1.165) is 23.6 Å². The average Bonchev–Trinajstić information content (AvgIpc) is 3.25.